The van der Waals surface area contributed by atoms with Crippen molar-refractivity contribution >= 4 is 60.6 Å². The van der Waals surface area contributed by atoms with E-state index in [1.807, 2.05) is 51.1 Å². The summed E-state index contributed by atoms with van der Waals surface area (Å²) in [5.41, 5.74) is 2.83. The first kappa shape index (κ1) is 27.5. The van der Waals surface area contributed by atoms with Crippen molar-refractivity contribution in [3.8, 4) is 11.5 Å². The van der Waals surface area contributed by atoms with Gasteiger partial charge < -0.3 is 14.8 Å². The molecular weight excluding hydrogens is 616 g/mol. The number of hydrogen-bond acceptors (Lipinski definition) is 6. The summed E-state index contributed by atoms with van der Waals surface area (Å²) in [6, 6.07) is 16.4. The summed E-state index contributed by atoms with van der Waals surface area (Å²) in [5.74, 6) is 1.09. The Morgan fingerprint density at radius 3 is 2.55 bits per heavy atom. The van der Waals surface area contributed by atoms with Crippen LogP contribution in [0.3, 0.4) is 0 Å². The molecule has 1 amide bonds. The molecule has 1 aromatic heterocycles. The second-order valence-corrected chi connectivity index (χ2v) is 10.1. The highest BCUT2D eigenvalue weighted by Crippen LogP contribution is 2.36. The fraction of sp³-hybridized carbons (Fsp3) is 0.214. The molecule has 0 fully saturated rings. The average Bonchev–Trinajstić information content (AvgIpc) is 2.89. The normalized spacial score (nSPS) is 11.2. The maximum Gasteiger partial charge on any atom is 0.282 e. The number of rotatable bonds is 9. The van der Waals surface area contributed by atoms with Gasteiger partial charge in [-0.25, -0.2) is 4.98 Å². The SMILES string of the molecule is CCOc1cc(C=Nn2c(CC)nc3ccc(Br)cc3c2=O)cc(Br)c1OCC(=O)Nc1ccc(C)cc1. The molecule has 8 nitrogen and oxygen atoms in total. The third-order valence-electron chi connectivity index (χ3n) is 5.53. The maximum atomic E-state index is 13.2. The Balaban J connectivity index is 1.58. The van der Waals surface area contributed by atoms with Gasteiger partial charge in [0.25, 0.3) is 11.5 Å². The number of aryl methyl sites for hydroxylation is 2. The molecule has 0 spiro atoms. The van der Waals surface area contributed by atoms with Gasteiger partial charge in [0, 0.05) is 16.6 Å². The molecule has 4 rings (SSSR count). The highest BCUT2D eigenvalue weighted by molar-refractivity contribution is 9.10. The molecule has 1 N–H and O–H groups in total. The van der Waals surface area contributed by atoms with Crippen LogP contribution in [-0.2, 0) is 11.2 Å². The van der Waals surface area contributed by atoms with Crippen LogP contribution in [0.4, 0.5) is 5.69 Å². The molecule has 0 atom stereocenters. The number of carbonyl (C=O) groups is 1. The third kappa shape index (κ3) is 6.49. The number of fused-ring (bicyclic) bond motifs is 1. The molecular formula is C28H26Br2N4O4. The van der Waals surface area contributed by atoms with E-state index in [1.54, 1.807) is 30.5 Å². The van der Waals surface area contributed by atoms with Crippen molar-refractivity contribution in [1.29, 1.82) is 0 Å². The highest BCUT2D eigenvalue weighted by Gasteiger charge is 2.15. The first-order valence-corrected chi connectivity index (χ1v) is 13.6. The number of aromatic nitrogens is 2. The van der Waals surface area contributed by atoms with Crippen molar-refractivity contribution in [2.24, 2.45) is 5.10 Å². The zero-order valence-corrected chi connectivity index (χ0v) is 24.3. The van der Waals surface area contributed by atoms with Crippen LogP contribution in [0.1, 0.15) is 30.8 Å². The lowest BCUT2D eigenvalue weighted by molar-refractivity contribution is -0.118. The Morgan fingerprint density at radius 2 is 1.84 bits per heavy atom. The molecule has 0 saturated heterocycles. The van der Waals surface area contributed by atoms with Gasteiger partial charge in [0.1, 0.15) is 5.82 Å². The standard InChI is InChI=1S/C28H26Br2N4O4/c1-4-25-33-23-11-8-19(29)14-21(23)28(36)34(25)31-15-18-12-22(30)27(24(13-18)37-5-2)38-16-26(35)32-20-9-6-17(3)7-10-20/h6-15H,4-5,16H2,1-3H3,(H,32,35). The van der Waals surface area contributed by atoms with Crippen molar-refractivity contribution in [3.05, 3.63) is 90.8 Å². The van der Waals surface area contributed by atoms with E-state index in [9.17, 15) is 9.59 Å². The Bertz CT molecular complexity index is 1570. The summed E-state index contributed by atoms with van der Waals surface area (Å²) in [5, 5.41) is 7.73. The highest BCUT2D eigenvalue weighted by atomic mass is 79.9. The lowest BCUT2D eigenvalue weighted by Gasteiger charge is -2.15. The second kappa shape index (κ2) is 12.4. The molecule has 0 aliphatic rings. The number of ether oxygens (including phenoxy) is 2. The molecule has 38 heavy (non-hydrogen) atoms. The monoisotopic (exact) mass is 640 g/mol. The number of benzene rings is 3. The maximum absolute atomic E-state index is 13.2. The molecule has 0 aliphatic carbocycles. The Labute approximate surface area is 236 Å². The fourth-order valence-corrected chi connectivity index (χ4v) is 4.64. The predicted molar refractivity (Wildman–Crippen MR) is 157 cm³/mol. The van der Waals surface area contributed by atoms with Gasteiger partial charge >= 0.3 is 0 Å². The summed E-state index contributed by atoms with van der Waals surface area (Å²) >= 11 is 6.93. The molecule has 196 valence electrons. The number of anilines is 1. The van der Waals surface area contributed by atoms with Gasteiger partial charge in [-0.15, -0.1) is 0 Å². The predicted octanol–water partition coefficient (Wildman–Crippen LogP) is 6.09. The molecule has 0 radical (unpaired) electrons. The van der Waals surface area contributed by atoms with Crippen LogP contribution in [-0.4, -0.2) is 35.0 Å². The first-order chi connectivity index (χ1) is 18.3. The summed E-state index contributed by atoms with van der Waals surface area (Å²) in [7, 11) is 0. The molecule has 4 aromatic rings. The van der Waals surface area contributed by atoms with Crippen LogP contribution in [0.5, 0.6) is 11.5 Å². The molecule has 0 aliphatic heterocycles. The largest absolute Gasteiger partial charge is 0.490 e. The van der Waals surface area contributed by atoms with E-state index in [-0.39, 0.29) is 18.1 Å². The number of nitrogens with one attached hydrogen (secondary N) is 1. The Morgan fingerprint density at radius 1 is 1.08 bits per heavy atom. The number of carbonyl (C=O) groups excluding carboxylic acids is 1. The van der Waals surface area contributed by atoms with Crippen LogP contribution < -0.4 is 20.3 Å². The fourth-order valence-electron chi connectivity index (χ4n) is 3.70. The van der Waals surface area contributed by atoms with Crippen molar-refractivity contribution in [2.75, 3.05) is 18.5 Å². The van der Waals surface area contributed by atoms with Crippen molar-refractivity contribution in [1.82, 2.24) is 9.66 Å². The molecule has 1 heterocycles. The number of amides is 1. The van der Waals surface area contributed by atoms with Crippen LogP contribution in [0.25, 0.3) is 10.9 Å². The minimum Gasteiger partial charge on any atom is -0.490 e. The zero-order valence-electron chi connectivity index (χ0n) is 21.1. The van der Waals surface area contributed by atoms with Gasteiger partial charge in [0.2, 0.25) is 0 Å². The van der Waals surface area contributed by atoms with Crippen molar-refractivity contribution in [3.63, 3.8) is 0 Å². The Hall–Kier alpha value is -3.50. The first-order valence-electron chi connectivity index (χ1n) is 12.0. The van der Waals surface area contributed by atoms with Crippen molar-refractivity contribution < 1.29 is 14.3 Å². The van der Waals surface area contributed by atoms with E-state index in [0.717, 1.165) is 10.0 Å². The van der Waals surface area contributed by atoms with Crippen LogP contribution in [0, 0.1) is 6.92 Å². The van der Waals surface area contributed by atoms with Gasteiger partial charge in [0.05, 0.1) is 28.2 Å². The minimum absolute atomic E-state index is 0.201. The Kier molecular flexibility index (Phi) is 8.96. The van der Waals surface area contributed by atoms with Gasteiger partial charge in [-0.3, -0.25) is 9.59 Å². The minimum atomic E-state index is -0.296. The number of halogens is 2. The van der Waals surface area contributed by atoms with E-state index in [1.165, 1.54) is 4.68 Å². The van der Waals surface area contributed by atoms with E-state index < -0.39 is 0 Å². The average molecular weight is 642 g/mol. The number of hydrogen-bond donors (Lipinski definition) is 1. The molecule has 3 aromatic carbocycles. The topological polar surface area (TPSA) is 94.8 Å². The van der Waals surface area contributed by atoms with E-state index in [0.29, 0.717) is 57.0 Å². The molecule has 10 heteroatoms. The van der Waals surface area contributed by atoms with Crippen LogP contribution in [0.15, 0.2) is 73.4 Å². The lowest BCUT2D eigenvalue weighted by Crippen LogP contribution is -2.22. The summed E-state index contributed by atoms with van der Waals surface area (Å²) in [6.45, 7) is 5.95. The molecule has 0 bridgehead atoms. The van der Waals surface area contributed by atoms with Gasteiger partial charge in [-0.05, 0) is 77.8 Å². The van der Waals surface area contributed by atoms with Crippen molar-refractivity contribution in [2.45, 2.75) is 27.2 Å². The van der Waals surface area contributed by atoms with Crippen LogP contribution >= 0.6 is 31.9 Å². The summed E-state index contributed by atoms with van der Waals surface area (Å²) in [6.07, 6.45) is 2.09. The molecule has 0 unspecified atom stereocenters. The van der Waals surface area contributed by atoms with Crippen LogP contribution in [0.2, 0.25) is 0 Å². The summed E-state index contributed by atoms with van der Waals surface area (Å²) in [4.78, 5) is 30.2. The molecule has 0 saturated carbocycles. The quantitative estimate of drug-likeness (QED) is 0.223. The van der Waals surface area contributed by atoms with E-state index in [2.05, 4.69) is 47.3 Å². The lowest BCUT2D eigenvalue weighted by atomic mass is 10.2. The smallest absolute Gasteiger partial charge is 0.282 e. The third-order valence-corrected chi connectivity index (χ3v) is 6.61. The zero-order chi connectivity index (χ0) is 27.2. The van der Waals surface area contributed by atoms with E-state index >= 15 is 0 Å². The number of nitrogens with zero attached hydrogens (tertiary/aromatic N) is 3. The van der Waals surface area contributed by atoms with Gasteiger partial charge in [0.15, 0.2) is 18.1 Å². The second-order valence-electron chi connectivity index (χ2n) is 8.37. The van der Waals surface area contributed by atoms with Gasteiger partial charge in [-0.1, -0.05) is 40.5 Å². The van der Waals surface area contributed by atoms with E-state index in [4.69, 9.17) is 9.47 Å². The van der Waals surface area contributed by atoms with Gasteiger partial charge in [-0.2, -0.15) is 9.78 Å². The summed E-state index contributed by atoms with van der Waals surface area (Å²) < 4.78 is 14.3.